The molecule has 3 heterocycles. The van der Waals surface area contributed by atoms with Gasteiger partial charge in [0.1, 0.15) is 13.2 Å². The first-order chi connectivity index (χ1) is 11.3. The summed E-state index contributed by atoms with van der Waals surface area (Å²) < 4.78 is 11.2. The van der Waals surface area contributed by atoms with Gasteiger partial charge >= 0.3 is 0 Å². The van der Waals surface area contributed by atoms with Crippen LogP contribution in [-0.4, -0.2) is 49.3 Å². The molecule has 5 nitrogen and oxygen atoms in total. The van der Waals surface area contributed by atoms with Crippen LogP contribution in [0.1, 0.15) is 5.56 Å². The second-order valence-electron chi connectivity index (χ2n) is 5.68. The van der Waals surface area contributed by atoms with E-state index in [1.54, 1.807) is 11.3 Å². The number of aromatic nitrogens is 1. The largest absolute Gasteiger partial charge is 0.486 e. The van der Waals surface area contributed by atoms with Crippen molar-refractivity contribution in [2.45, 2.75) is 6.54 Å². The van der Waals surface area contributed by atoms with Crippen molar-refractivity contribution in [3.8, 4) is 11.5 Å². The second kappa shape index (κ2) is 6.55. The van der Waals surface area contributed by atoms with Crippen LogP contribution >= 0.6 is 22.9 Å². The van der Waals surface area contributed by atoms with Crippen molar-refractivity contribution in [3.05, 3.63) is 34.3 Å². The predicted octanol–water partition coefficient (Wildman–Crippen LogP) is 2.89. The monoisotopic (exact) mass is 351 g/mol. The molecule has 7 heteroatoms. The quantitative estimate of drug-likeness (QED) is 0.850. The van der Waals surface area contributed by atoms with Crippen molar-refractivity contribution >= 4 is 28.1 Å². The Labute approximate surface area is 144 Å². The second-order valence-corrected chi connectivity index (χ2v) is 6.96. The van der Waals surface area contributed by atoms with Crippen LogP contribution in [0, 0.1) is 0 Å². The van der Waals surface area contributed by atoms with E-state index in [0.29, 0.717) is 24.0 Å². The molecule has 0 unspecified atom stereocenters. The van der Waals surface area contributed by atoms with Crippen LogP contribution in [0.15, 0.2) is 23.7 Å². The summed E-state index contributed by atoms with van der Waals surface area (Å²) in [6.45, 7) is 6.07. The highest BCUT2D eigenvalue weighted by molar-refractivity contribution is 7.13. The third-order valence-corrected chi connectivity index (χ3v) is 5.24. The van der Waals surface area contributed by atoms with Gasteiger partial charge in [-0.2, -0.15) is 0 Å². The van der Waals surface area contributed by atoms with Gasteiger partial charge in [0.25, 0.3) is 0 Å². The number of rotatable bonds is 3. The maximum absolute atomic E-state index is 6.32. The molecule has 0 atom stereocenters. The van der Waals surface area contributed by atoms with Gasteiger partial charge in [-0.25, -0.2) is 4.98 Å². The Hall–Kier alpha value is -1.50. The number of halogens is 1. The number of thiazole rings is 1. The number of benzene rings is 1. The highest BCUT2D eigenvalue weighted by atomic mass is 35.5. The van der Waals surface area contributed by atoms with Gasteiger partial charge in [-0.05, 0) is 17.7 Å². The summed E-state index contributed by atoms with van der Waals surface area (Å²) >= 11 is 8.02. The van der Waals surface area contributed by atoms with Gasteiger partial charge in [-0.1, -0.05) is 11.6 Å². The molecule has 2 aromatic rings. The maximum atomic E-state index is 6.32. The summed E-state index contributed by atoms with van der Waals surface area (Å²) in [6.07, 6.45) is 1.86. The number of hydrogen-bond acceptors (Lipinski definition) is 6. The fraction of sp³-hybridized carbons (Fsp3) is 0.438. The van der Waals surface area contributed by atoms with E-state index in [0.717, 1.165) is 43.6 Å². The Morgan fingerprint density at radius 3 is 2.74 bits per heavy atom. The van der Waals surface area contributed by atoms with Crippen molar-refractivity contribution in [1.29, 1.82) is 0 Å². The van der Waals surface area contributed by atoms with Gasteiger partial charge < -0.3 is 14.4 Å². The summed E-state index contributed by atoms with van der Waals surface area (Å²) in [6, 6.07) is 4.04. The van der Waals surface area contributed by atoms with Gasteiger partial charge in [-0.15, -0.1) is 11.3 Å². The summed E-state index contributed by atoms with van der Waals surface area (Å²) in [5.41, 5.74) is 1.17. The van der Waals surface area contributed by atoms with Crippen LogP contribution in [0.4, 0.5) is 5.13 Å². The average Bonchev–Trinajstić information content (AvgIpc) is 3.10. The Kier molecular flexibility index (Phi) is 4.29. The zero-order valence-electron chi connectivity index (χ0n) is 12.7. The SMILES string of the molecule is Clc1cc(CN2CCN(c3nccs3)CC2)cc2c1OCCO2. The lowest BCUT2D eigenvalue weighted by Crippen LogP contribution is -2.45. The zero-order chi connectivity index (χ0) is 15.6. The molecule has 0 bridgehead atoms. The molecular formula is C16H18ClN3O2S. The van der Waals surface area contributed by atoms with Gasteiger partial charge in [0.15, 0.2) is 16.6 Å². The third kappa shape index (κ3) is 3.24. The molecule has 0 spiro atoms. The number of ether oxygens (including phenoxy) is 2. The van der Waals surface area contributed by atoms with Gasteiger partial charge in [0.2, 0.25) is 0 Å². The first-order valence-electron chi connectivity index (χ1n) is 7.74. The molecule has 0 aliphatic carbocycles. The van der Waals surface area contributed by atoms with E-state index >= 15 is 0 Å². The van der Waals surface area contributed by atoms with E-state index in [-0.39, 0.29) is 0 Å². The van der Waals surface area contributed by atoms with E-state index in [2.05, 4.69) is 14.8 Å². The van der Waals surface area contributed by atoms with Crippen LogP contribution in [0.5, 0.6) is 11.5 Å². The molecule has 0 radical (unpaired) electrons. The molecule has 1 aromatic heterocycles. The number of fused-ring (bicyclic) bond motifs is 1. The van der Waals surface area contributed by atoms with Crippen molar-refractivity contribution in [2.24, 2.45) is 0 Å². The molecule has 122 valence electrons. The molecule has 2 aliphatic heterocycles. The topological polar surface area (TPSA) is 37.8 Å². The number of nitrogens with zero attached hydrogens (tertiary/aromatic N) is 3. The van der Waals surface area contributed by atoms with Crippen molar-refractivity contribution < 1.29 is 9.47 Å². The minimum atomic E-state index is 0.560. The zero-order valence-corrected chi connectivity index (χ0v) is 14.3. The number of anilines is 1. The van der Waals surface area contributed by atoms with E-state index in [1.807, 2.05) is 23.7 Å². The van der Waals surface area contributed by atoms with E-state index in [4.69, 9.17) is 21.1 Å². The van der Waals surface area contributed by atoms with E-state index < -0.39 is 0 Å². The fourth-order valence-corrected chi connectivity index (χ4v) is 3.97. The molecule has 0 saturated carbocycles. The van der Waals surface area contributed by atoms with Crippen molar-refractivity contribution in [2.75, 3.05) is 44.3 Å². The number of hydrogen-bond donors (Lipinski definition) is 0. The summed E-state index contributed by atoms with van der Waals surface area (Å²) in [5.74, 6) is 1.44. The Balaban J connectivity index is 1.40. The van der Waals surface area contributed by atoms with Crippen LogP contribution in [0.2, 0.25) is 5.02 Å². The minimum Gasteiger partial charge on any atom is -0.486 e. The lowest BCUT2D eigenvalue weighted by molar-refractivity contribution is 0.171. The molecule has 1 fully saturated rings. The molecule has 0 amide bonds. The number of piperazine rings is 1. The molecular weight excluding hydrogens is 334 g/mol. The first-order valence-corrected chi connectivity index (χ1v) is 9.00. The van der Waals surface area contributed by atoms with Crippen LogP contribution in [0.3, 0.4) is 0 Å². The van der Waals surface area contributed by atoms with E-state index in [1.165, 1.54) is 5.56 Å². The highest BCUT2D eigenvalue weighted by Gasteiger charge is 2.21. The smallest absolute Gasteiger partial charge is 0.185 e. The van der Waals surface area contributed by atoms with Crippen molar-refractivity contribution in [1.82, 2.24) is 9.88 Å². The standard InChI is InChI=1S/C16H18ClN3O2S/c17-13-9-12(10-14-15(13)22-7-6-21-14)11-19-2-4-20(5-3-19)16-18-1-8-23-16/h1,8-10H,2-7,11H2. The summed E-state index contributed by atoms with van der Waals surface area (Å²) in [4.78, 5) is 9.17. The molecule has 1 aromatic carbocycles. The molecule has 1 saturated heterocycles. The normalized spacial score (nSPS) is 18.2. The van der Waals surface area contributed by atoms with Crippen LogP contribution in [0.25, 0.3) is 0 Å². The third-order valence-electron chi connectivity index (χ3n) is 4.12. The lowest BCUT2D eigenvalue weighted by Gasteiger charge is -2.34. The molecule has 4 rings (SSSR count). The summed E-state index contributed by atoms with van der Waals surface area (Å²) in [7, 11) is 0. The van der Waals surface area contributed by atoms with Gasteiger partial charge in [-0.3, -0.25) is 4.90 Å². The molecule has 0 N–H and O–H groups in total. The Morgan fingerprint density at radius 2 is 1.96 bits per heavy atom. The minimum absolute atomic E-state index is 0.560. The van der Waals surface area contributed by atoms with E-state index in [9.17, 15) is 0 Å². The van der Waals surface area contributed by atoms with Gasteiger partial charge in [0.05, 0.1) is 5.02 Å². The van der Waals surface area contributed by atoms with Gasteiger partial charge in [0, 0.05) is 44.3 Å². The maximum Gasteiger partial charge on any atom is 0.185 e. The Bertz CT molecular complexity index is 672. The first kappa shape index (κ1) is 15.1. The van der Waals surface area contributed by atoms with Crippen LogP contribution < -0.4 is 14.4 Å². The molecule has 2 aliphatic rings. The lowest BCUT2D eigenvalue weighted by atomic mass is 10.1. The van der Waals surface area contributed by atoms with Crippen molar-refractivity contribution in [3.63, 3.8) is 0 Å². The predicted molar refractivity (Wildman–Crippen MR) is 92.0 cm³/mol. The summed E-state index contributed by atoms with van der Waals surface area (Å²) in [5, 5.41) is 3.78. The highest BCUT2D eigenvalue weighted by Crippen LogP contribution is 2.38. The van der Waals surface area contributed by atoms with Crippen LogP contribution in [-0.2, 0) is 6.54 Å². The molecule has 23 heavy (non-hydrogen) atoms. The fourth-order valence-electron chi connectivity index (χ4n) is 2.98. The average molecular weight is 352 g/mol. The Morgan fingerprint density at radius 1 is 1.13 bits per heavy atom.